The number of carbonyl (C=O) groups is 3. The zero-order valence-electron chi connectivity index (χ0n) is 19.5. The molecule has 0 bridgehead atoms. The highest BCUT2D eigenvalue weighted by Crippen LogP contribution is 2.16. The van der Waals surface area contributed by atoms with Gasteiger partial charge in [-0.2, -0.15) is 0 Å². The van der Waals surface area contributed by atoms with Gasteiger partial charge in [0.15, 0.2) is 12.4 Å². The van der Waals surface area contributed by atoms with Crippen LogP contribution in [0.25, 0.3) is 0 Å². The van der Waals surface area contributed by atoms with Gasteiger partial charge in [0.05, 0.1) is 17.9 Å². The van der Waals surface area contributed by atoms with Crippen LogP contribution in [0.5, 0.6) is 5.75 Å². The Labute approximate surface area is 199 Å². The Bertz CT molecular complexity index is 1080. The van der Waals surface area contributed by atoms with Crippen LogP contribution < -0.4 is 14.8 Å². The van der Waals surface area contributed by atoms with Crippen molar-refractivity contribution in [3.63, 3.8) is 0 Å². The Morgan fingerprint density at radius 1 is 0.971 bits per heavy atom. The van der Waals surface area contributed by atoms with Crippen LogP contribution in [0.15, 0.2) is 53.4 Å². The lowest BCUT2D eigenvalue weighted by Gasteiger charge is -2.09. The van der Waals surface area contributed by atoms with Crippen LogP contribution in [-0.4, -0.2) is 45.8 Å². The maximum Gasteiger partial charge on any atom is 0.307 e. The SMILES string of the molecule is CCOc1ccc(S(=O)(=O)NCCC(=O)OCC(=O)c2ccc(NC(=O)CC(C)C)cc2)cc1. The Morgan fingerprint density at radius 2 is 1.62 bits per heavy atom. The average molecular weight is 491 g/mol. The number of hydrogen-bond acceptors (Lipinski definition) is 7. The van der Waals surface area contributed by atoms with Crippen LogP contribution in [0.1, 0.15) is 44.0 Å². The summed E-state index contributed by atoms with van der Waals surface area (Å²) < 4.78 is 37.1. The van der Waals surface area contributed by atoms with E-state index in [1.165, 1.54) is 24.3 Å². The predicted octanol–water partition coefficient (Wildman–Crippen LogP) is 3.16. The molecule has 0 aromatic heterocycles. The summed E-state index contributed by atoms with van der Waals surface area (Å²) in [6, 6.07) is 12.2. The standard InChI is InChI=1S/C24H30N2O7S/c1-4-32-20-9-11-21(12-10-20)34(30,31)25-14-13-24(29)33-16-22(27)18-5-7-19(8-6-18)26-23(28)15-17(2)3/h5-12,17,25H,4,13-16H2,1-3H3,(H,26,28). The van der Waals surface area contributed by atoms with Gasteiger partial charge in [-0.1, -0.05) is 13.8 Å². The highest BCUT2D eigenvalue weighted by molar-refractivity contribution is 7.89. The largest absolute Gasteiger partial charge is 0.494 e. The zero-order chi connectivity index (χ0) is 25.1. The maximum absolute atomic E-state index is 12.3. The number of benzene rings is 2. The van der Waals surface area contributed by atoms with Gasteiger partial charge < -0.3 is 14.8 Å². The monoisotopic (exact) mass is 490 g/mol. The molecule has 1 amide bonds. The van der Waals surface area contributed by atoms with E-state index in [9.17, 15) is 22.8 Å². The number of anilines is 1. The molecule has 184 valence electrons. The van der Waals surface area contributed by atoms with E-state index in [1.807, 2.05) is 20.8 Å². The van der Waals surface area contributed by atoms with Gasteiger partial charge in [-0.15, -0.1) is 0 Å². The Balaban J connectivity index is 1.76. The number of rotatable bonds is 13. The third-order valence-corrected chi connectivity index (χ3v) is 5.99. The fraction of sp³-hybridized carbons (Fsp3) is 0.375. The average Bonchev–Trinajstić information content (AvgIpc) is 2.78. The Morgan fingerprint density at radius 3 is 2.21 bits per heavy atom. The van der Waals surface area contributed by atoms with Gasteiger partial charge in [0.2, 0.25) is 15.9 Å². The quantitative estimate of drug-likeness (QED) is 0.326. The second-order valence-corrected chi connectivity index (χ2v) is 9.63. The summed E-state index contributed by atoms with van der Waals surface area (Å²) in [6.07, 6.45) is 0.164. The van der Waals surface area contributed by atoms with Crippen LogP contribution >= 0.6 is 0 Å². The first-order valence-corrected chi connectivity index (χ1v) is 12.4. The van der Waals surface area contributed by atoms with Gasteiger partial charge >= 0.3 is 5.97 Å². The number of carbonyl (C=O) groups excluding carboxylic acids is 3. The van der Waals surface area contributed by atoms with E-state index in [2.05, 4.69) is 10.0 Å². The van der Waals surface area contributed by atoms with Crippen molar-refractivity contribution in [2.75, 3.05) is 25.1 Å². The number of sulfonamides is 1. The minimum atomic E-state index is -3.79. The van der Waals surface area contributed by atoms with Crippen LogP contribution in [0.2, 0.25) is 0 Å². The van der Waals surface area contributed by atoms with Gasteiger partial charge in [-0.3, -0.25) is 14.4 Å². The summed E-state index contributed by atoms with van der Waals surface area (Å²) in [7, 11) is -3.79. The van der Waals surface area contributed by atoms with E-state index in [1.54, 1.807) is 24.3 Å². The molecule has 2 aromatic rings. The molecule has 2 rings (SSSR count). The minimum Gasteiger partial charge on any atom is -0.494 e. The first-order chi connectivity index (χ1) is 16.1. The Hall–Kier alpha value is -3.24. The Kier molecular flexibility index (Phi) is 10.2. The summed E-state index contributed by atoms with van der Waals surface area (Å²) in [5, 5.41) is 2.75. The second-order valence-electron chi connectivity index (χ2n) is 7.86. The first kappa shape index (κ1) is 27.0. The van der Waals surface area contributed by atoms with Gasteiger partial charge in [0.25, 0.3) is 0 Å². The number of esters is 1. The molecule has 0 heterocycles. The van der Waals surface area contributed by atoms with Gasteiger partial charge in [-0.25, -0.2) is 13.1 Å². The number of ether oxygens (including phenoxy) is 2. The second kappa shape index (κ2) is 12.9. The molecule has 10 heteroatoms. The van der Waals surface area contributed by atoms with Crippen LogP contribution in [0.4, 0.5) is 5.69 Å². The minimum absolute atomic E-state index is 0.0448. The molecule has 0 saturated carbocycles. The number of ketones is 1. The number of Topliss-reactive ketones (excluding diaryl/α,β-unsaturated/α-hetero) is 1. The van der Waals surface area contributed by atoms with Gasteiger partial charge in [0, 0.05) is 24.2 Å². The molecule has 2 N–H and O–H groups in total. The van der Waals surface area contributed by atoms with E-state index < -0.39 is 28.4 Å². The van der Waals surface area contributed by atoms with Crippen LogP contribution in [0.3, 0.4) is 0 Å². The van der Waals surface area contributed by atoms with Crippen molar-refractivity contribution < 1.29 is 32.3 Å². The number of amides is 1. The summed E-state index contributed by atoms with van der Waals surface area (Å²) in [4.78, 5) is 36.0. The number of nitrogens with one attached hydrogen (secondary N) is 2. The van der Waals surface area contributed by atoms with Gasteiger partial charge in [0.1, 0.15) is 5.75 Å². The summed E-state index contributed by atoms with van der Waals surface area (Å²) in [5.74, 6) is -0.442. The van der Waals surface area contributed by atoms with E-state index >= 15 is 0 Å². The topological polar surface area (TPSA) is 128 Å². The molecule has 34 heavy (non-hydrogen) atoms. The summed E-state index contributed by atoms with van der Waals surface area (Å²) in [5.41, 5.74) is 0.893. The van der Waals surface area contributed by atoms with Crippen LogP contribution in [-0.2, 0) is 24.3 Å². The predicted molar refractivity (Wildman–Crippen MR) is 127 cm³/mol. The molecular weight excluding hydrogens is 460 g/mol. The fourth-order valence-corrected chi connectivity index (χ4v) is 3.91. The molecule has 0 saturated heterocycles. The molecule has 0 radical (unpaired) electrons. The van der Waals surface area contributed by atoms with Crippen molar-refractivity contribution in [1.82, 2.24) is 4.72 Å². The molecule has 0 spiro atoms. The molecule has 0 aliphatic heterocycles. The highest BCUT2D eigenvalue weighted by Gasteiger charge is 2.16. The van der Waals surface area contributed by atoms with Gasteiger partial charge in [-0.05, 0) is 61.4 Å². The van der Waals surface area contributed by atoms with E-state index in [4.69, 9.17) is 9.47 Å². The molecule has 9 nitrogen and oxygen atoms in total. The van der Waals surface area contributed by atoms with E-state index in [0.717, 1.165) is 0 Å². The highest BCUT2D eigenvalue weighted by atomic mass is 32.2. The molecule has 0 fully saturated rings. The third-order valence-electron chi connectivity index (χ3n) is 4.51. The smallest absolute Gasteiger partial charge is 0.307 e. The summed E-state index contributed by atoms with van der Waals surface area (Å²) in [6.45, 7) is 5.54. The number of hydrogen-bond donors (Lipinski definition) is 2. The maximum atomic E-state index is 12.3. The molecule has 0 aliphatic rings. The lowest BCUT2D eigenvalue weighted by Crippen LogP contribution is -2.27. The lowest BCUT2D eigenvalue weighted by molar-refractivity contribution is -0.142. The van der Waals surface area contributed by atoms with Crippen molar-refractivity contribution >= 4 is 33.4 Å². The molecule has 2 aromatic carbocycles. The molecule has 0 unspecified atom stereocenters. The van der Waals surface area contributed by atoms with Crippen LogP contribution in [0, 0.1) is 5.92 Å². The van der Waals surface area contributed by atoms with Crippen molar-refractivity contribution in [1.29, 1.82) is 0 Å². The third kappa shape index (κ3) is 8.95. The van der Waals surface area contributed by atoms with Crippen molar-refractivity contribution in [3.8, 4) is 5.75 Å². The normalized spacial score (nSPS) is 11.2. The van der Waals surface area contributed by atoms with E-state index in [0.29, 0.717) is 30.0 Å². The van der Waals surface area contributed by atoms with Crippen molar-refractivity contribution in [2.24, 2.45) is 5.92 Å². The molecule has 0 aliphatic carbocycles. The van der Waals surface area contributed by atoms with E-state index in [-0.39, 0.29) is 29.7 Å². The van der Waals surface area contributed by atoms with Crippen molar-refractivity contribution in [3.05, 3.63) is 54.1 Å². The molecule has 0 atom stereocenters. The molecular formula is C24H30N2O7S. The first-order valence-electron chi connectivity index (χ1n) is 10.9. The lowest BCUT2D eigenvalue weighted by atomic mass is 10.1. The fourth-order valence-electron chi connectivity index (χ4n) is 2.88. The van der Waals surface area contributed by atoms with Crippen molar-refractivity contribution in [2.45, 2.75) is 38.5 Å². The zero-order valence-corrected chi connectivity index (χ0v) is 20.3. The summed E-state index contributed by atoms with van der Waals surface area (Å²) >= 11 is 0.